The van der Waals surface area contributed by atoms with E-state index in [0.717, 1.165) is 40.4 Å². The first-order chi connectivity index (χ1) is 14.5. The van der Waals surface area contributed by atoms with Gasteiger partial charge in [0.1, 0.15) is 11.0 Å². The average Bonchev–Trinajstić information content (AvgIpc) is 3.17. The van der Waals surface area contributed by atoms with Crippen LogP contribution in [0.25, 0.3) is 0 Å². The zero-order chi connectivity index (χ0) is 21.3. The smallest absolute Gasteiger partial charge is 0.240 e. The van der Waals surface area contributed by atoms with Crippen LogP contribution in [-0.4, -0.2) is 33.1 Å². The number of aryl methyl sites for hydroxylation is 3. The minimum atomic E-state index is -0.417. The van der Waals surface area contributed by atoms with Crippen LogP contribution in [-0.2, 0) is 11.2 Å². The third-order valence-corrected chi connectivity index (χ3v) is 6.42. The third kappa shape index (κ3) is 3.87. The molecule has 0 fully saturated rings. The van der Waals surface area contributed by atoms with Crippen molar-refractivity contribution in [1.29, 1.82) is 0 Å². The molecule has 2 N–H and O–H groups in total. The van der Waals surface area contributed by atoms with E-state index in [4.69, 9.17) is 4.74 Å². The molecule has 0 unspecified atom stereocenters. The second-order valence-electron chi connectivity index (χ2n) is 7.31. The Balaban J connectivity index is 1.68. The van der Waals surface area contributed by atoms with E-state index in [2.05, 4.69) is 20.9 Å². The number of amides is 1. The monoisotopic (exact) mass is 423 g/mol. The summed E-state index contributed by atoms with van der Waals surface area (Å²) in [6, 6.07) is 13.6. The Labute approximate surface area is 180 Å². The van der Waals surface area contributed by atoms with E-state index in [1.54, 1.807) is 7.11 Å². The number of fused-ring (bicyclic) bond motifs is 1. The molecular weight excluding hydrogens is 398 g/mol. The van der Waals surface area contributed by atoms with Crippen molar-refractivity contribution in [1.82, 2.24) is 14.9 Å². The van der Waals surface area contributed by atoms with Gasteiger partial charge in [0, 0.05) is 12.1 Å². The van der Waals surface area contributed by atoms with Crippen LogP contribution in [0.5, 0.6) is 5.75 Å². The lowest BCUT2D eigenvalue weighted by Crippen LogP contribution is -2.41. The fourth-order valence-corrected chi connectivity index (χ4v) is 4.56. The van der Waals surface area contributed by atoms with Gasteiger partial charge in [-0.05, 0) is 48.7 Å². The summed E-state index contributed by atoms with van der Waals surface area (Å²) in [5, 5.41) is 11.9. The number of rotatable bonds is 5. The Morgan fingerprint density at radius 3 is 2.67 bits per heavy atom. The third-order valence-electron chi connectivity index (χ3n) is 5.20. The molecule has 0 spiro atoms. The molecule has 0 radical (unpaired) electrons. The number of thioether (sulfide) groups is 1. The lowest BCUT2D eigenvalue weighted by atomic mass is 10.0. The van der Waals surface area contributed by atoms with Crippen LogP contribution in [0.4, 0.5) is 5.69 Å². The molecule has 30 heavy (non-hydrogen) atoms. The molecule has 2 heterocycles. The standard InChI is InChI=1S/C22H25N5O2S/c1-5-18-24-25-22-27(18)26-19(15-8-10-16(29-4)11-9-15)20(30-22)21(28)23-17-12-13(2)6-7-14(17)3/h6-12,19-20,26H,5H2,1-4H3,(H,23,28)/t19-,20+/m1/s1. The first-order valence-corrected chi connectivity index (χ1v) is 10.8. The number of ether oxygens (including phenoxy) is 1. The number of carbonyl (C=O) groups is 1. The lowest BCUT2D eigenvalue weighted by Gasteiger charge is -2.33. The summed E-state index contributed by atoms with van der Waals surface area (Å²) in [7, 11) is 1.64. The van der Waals surface area contributed by atoms with Gasteiger partial charge in [-0.3, -0.25) is 4.79 Å². The Bertz CT molecular complexity index is 1060. The lowest BCUT2D eigenvalue weighted by molar-refractivity contribution is -0.116. The first kappa shape index (κ1) is 20.3. The quantitative estimate of drug-likeness (QED) is 0.649. The fraction of sp³-hybridized carbons (Fsp3) is 0.318. The maximum absolute atomic E-state index is 13.4. The van der Waals surface area contributed by atoms with Gasteiger partial charge in [0.05, 0.1) is 13.2 Å². The van der Waals surface area contributed by atoms with Crippen LogP contribution in [0.15, 0.2) is 47.6 Å². The molecule has 8 heteroatoms. The van der Waals surface area contributed by atoms with Gasteiger partial charge in [-0.15, -0.1) is 10.2 Å². The van der Waals surface area contributed by atoms with Crippen LogP contribution in [0.1, 0.15) is 35.5 Å². The SMILES string of the molecule is CCc1nnc2n1N[C@H](c1ccc(OC)cc1)[C@@H](C(=O)Nc1cc(C)ccc1C)S2. The number of aromatic nitrogens is 3. The summed E-state index contributed by atoms with van der Waals surface area (Å²) in [6.07, 6.45) is 0.745. The van der Waals surface area contributed by atoms with Crippen LogP contribution in [0.3, 0.4) is 0 Å². The number of nitrogens with one attached hydrogen (secondary N) is 2. The molecule has 1 aliphatic rings. The highest BCUT2D eigenvalue weighted by Crippen LogP contribution is 2.38. The van der Waals surface area contributed by atoms with E-state index >= 15 is 0 Å². The molecule has 4 rings (SSSR count). The summed E-state index contributed by atoms with van der Waals surface area (Å²) in [4.78, 5) is 13.4. The molecule has 2 atom stereocenters. The van der Waals surface area contributed by atoms with Crippen molar-refractivity contribution in [2.45, 2.75) is 43.6 Å². The number of hydrogen-bond acceptors (Lipinski definition) is 6. The van der Waals surface area contributed by atoms with E-state index in [0.29, 0.717) is 5.16 Å². The Kier molecular flexibility index (Phi) is 5.67. The van der Waals surface area contributed by atoms with Gasteiger partial charge in [-0.1, -0.05) is 43.0 Å². The highest BCUT2D eigenvalue weighted by Gasteiger charge is 2.37. The fourth-order valence-electron chi connectivity index (χ4n) is 3.46. The van der Waals surface area contributed by atoms with Crippen LogP contribution in [0, 0.1) is 13.8 Å². The summed E-state index contributed by atoms with van der Waals surface area (Å²) in [6.45, 7) is 6.04. The van der Waals surface area contributed by atoms with Gasteiger partial charge < -0.3 is 15.5 Å². The molecule has 3 aromatic rings. The molecule has 0 saturated carbocycles. The van der Waals surface area contributed by atoms with Gasteiger partial charge >= 0.3 is 0 Å². The number of anilines is 1. The van der Waals surface area contributed by atoms with Crippen molar-refractivity contribution in [3.05, 3.63) is 65.0 Å². The van der Waals surface area contributed by atoms with Crippen molar-refractivity contribution in [3.8, 4) is 5.75 Å². The van der Waals surface area contributed by atoms with Crippen molar-refractivity contribution >= 4 is 23.4 Å². The number of methoxy groups -OCH3 is 1. The second-order valence-corrected chi connectivity index (χ2v) is 8.42. The number of nitrogens with zero attached hydrogens (tertiary/aromatic N) is 3. The summed E-state index contributed by atoms with van der Waals surface area (Å²) in [5.74, 6) is 1.54. The summed E-state index contributed by atoms with van der Waals surface area (Å²) < 4.78 is 7.17. The van der Waals surface area contributed by atoms with Crippen LogP contribution in [0.2, 0.25) is 0 Å². The van der Waals surface area contributed by atoms with Gasteiger partial charge in [0.15, 0.2) is 5.82 Å². The summed E-state index contributed by atoms with van der Waals surface area (Å²) in [5.41, 5.74) is 7.41. The van der Waals surface area contributed by atoms with E-state index in [-0.39, 0.29) is 11.9 Å². The second kappa shape index (κ2) is 8.39. The molecular formula is C22H25N5O2S. The molecule has 156 valence electrons. The predicted molar refractivity (Wildman–Crippen MR) is 119 cm³/mol. The normalized spacial score (nSPS) is 17.7. The van der Waals surface area contributed by atoms with Gasteiger partial charge in [-0.2, -0.15) is 0 Å². The minimum absolute atomic E-state index is 0.0747. The zero-order valence-corrected chi connectivity index (χ0v) is 18.3. The van der Waals surface area contributed by atoms with Crippen molar-refractivity contribution in [3.63, 3.8) is 0 Å². The molecule has 2 aromatic carbocycles. The average molecular weight is 424 g/mol. The minimum Gasteiger partial charge on any atom is -0.497 e. The molecule has 0 saturated heterocycles. The predicted octanol–water partition coefficient (Wildman–Crippen LogP) is 3.86. The van der Waals surface area contributed by atoms with Crippen molar-refractivity contribution < 1.29 is 9.53 Å². The Hall–Kier alpha value is -3.00. The molecule has 1 aliphatic heterocycles. The highest BCUT2D eigenvalue weighted by atomic mass is 32.2. The van der Waals surface area contributed by atoms with Crippen molar-refractivity contribution in [2.24, 2.45) is 0 Å². The van der Waals surface area contributed by atoms with Gasteiger partial charge in [0.2, 0.25) is 11.1 Å². The van der Waals surface area contributed by atoms with Crippen molar-refractivity contribution in [2.75, 3.05) is 17.9 Å². The molecule has 0 aliphatic carbocycles. The van der Waals surface area contributed by atoms with E-state index in [1.807, 2.05) is 67.9 Å². The molecule has 1 amide bonds. The van der Waals surface area contributed by atoms with Gasteiger partial charge in [-0.25, -0.2) is 4.68 Å². The van der Waals surface area contributed by atoms with Gasteiger partial charge in [0.25, 0.3) is 0 Å². The maximum Gasteiger partial charge on any atom is 0.240 e. The summed E-state index contributed by atoms with van der Waals surface area (Å²) >= 11 is 1.43. The van der Waals surface area contributed by atoms with E-state index in [9.17, 15) is 4.79 Å². The largest absolute Gasteiger partial charge is 0.497 e. The topological polar surface area (TPSA) is 81.1 Å². The van der Waals surface area contributed by atoms with E-state index < -0.39 is 5.25 Å². The highest BCUT2D eigenvalue weighted by molar-refractivity contribution is 8.00. The number of carbonyl (C=O) groups excluding carboxylic acids is 1. The Morgan fingerprint density at radius 2 is 1.97 bits per heavy atom. The Morgan fingerprint density at radius 1 is 1.20 bits per heavy atom. The molecule has 0 bridgehead atoms. The van der Waals surface area contributed by atoms with Crippen LogP contribution >= 0.6 is 11.8 Å². The molecule has 1 aromatic heterocycles. The van der Waals surface area contributed by atoms with Crippen LogP contribution < -0.4 is 15.5 Å². The number of benzene rings is 2. The zero-order valence-electron chi connectivity index (χ0n) is 17.5. The first-order valence-electron chi connectivity index (χ1n) is 9.89. The number of hydrogen-bond donors (Lipinski definition) is 2. The maximum atomic E-state index is 13.4. The molecule has 7 nitrogen and oxygen atoms in total. The van der Waals surface area contributed by atoms with E-state index in [1.165, 1.54) is 11.8 Å².